The van der Waals surface area contributed by atoms with Crippen molar-refractivity contribution in [3.63, 3.8) is 0 Å². The van der Waals surface area contributed by atoms with Gasteiger partial charge in [-0.3, -0.25) is 0 Å². The Hall–Kier alpha value is -1.65. The Balaban J connectivity index is 2.13. The van der Waals surface area contributed by atoms with Crippen LogP contribution in [0.4, 0.5) is 5.95 Å². The minimum absolute atomic E-state index is 0.153. The number of hydrogen-bond acceptors (Lipinski definition) is 4. The molecule has 1 aromatic heterocycles. The molecule has 1 aromatic rings. The minimum atomic E-state index is -0.990. The molecule has 2 N–H and O–H groups in total. The summed E-state index contributed by atoms with van der Waals surface area (Å²) in [6.45, 7) is 6.01. The maximum Gasteiger partial charge on any atom is 0.339 e. The van der Waals surface area contributed by atoms with E-state index in [2.05, 4.69) is 29.1 Å². The Labute approximate surface area is 93.9 Å². The second-order valence-corrected chi connectivity index (χ2v) is 4.89. The molecule has 0 radical (unpaired) electrons. The van der Waals surface area contributed by atoms with E-state index in [1.807, 2.05) is 0 Å². The second-order valence-electron chi connectivity index (χ2n) is 4.89. The predicted octanol–water partition coefficient (Wildman–Crippen LogP) is 1.69. The van der Waals surface area contributed by atoms with Gasteiger partial charge >= 0.3 is 5.97 Å². The van der Waals surface area contributed by atoms with Crippen molar-refractivity contribution in [1.29, 1.82) is 0 Å². The zero-order chi connectivity index (χ0) is 11.9. The van der Waals surface area contributed by atoms with Crippen molar-refractivity contribution in [2.45, 2.75) is 33.2 Å². The van der Waals surface area contributed by atoms with Crippen molar-refractivity contribution >= 4 is 11.9 Å². The molecular weight excluding hydrogens is 206 g/mol. The first-order valence-corrected chi connectivity index (χ1v) is 5.23. The van der Waals surface area contributed by atoms with Crippen LogP contribution in [-0.4, -0.2) is 27.1 Å². The molecule has 1 unspecified atom stereocenters. The fraction of sp³-hybridized carbons (Fsp3) is 0.545. The number of rotatable bonds is 3. The third kappa shape index (κ3) is 1.98. The summed E-state index contributed by atoms with van der Waals surface area (Å²) in [5, 5.41) is 12.0. The lowest BCUT2D eigenvalue weighted by atomic mass is 10.2. The van der Waals surface area contributed by atoms with E-state index in [0.717, 1.165) is 6.42 Å². The van der Waals surface area contributed by atoms with Gasteiger partial charge in [0.25, 0.3) is 0 Å². The average Bonchev–Trinajstić information content (AvgIpc) is 2.72. The van der Waals surface area contributed by atoms with Crippen LogP contribution in [-0.2, 0) is 0 Å². The number of anilines is 1. The molecule has 1 heterocycles. The molecule has 16 heavy (non-hydrogen) atoms. The predicted molar refractivity (Wildman–Crippen MR) is 59.5 cm³/mol. The first-order valence-electron chi connectivity index (χ1n) is 5.23. The molecule has 0 aliphatic heterocycles. The fourth-order valence-corrected chi connectivity index (χ4v) is 1.62. The Bertz CT molecular complexity index is 443. The number of nitrogens with zero attached hydrogens (tertiary/aromatic N) is 2. The van der Waals surface area contributed by atoms with Gasteiger partial charge in [0.15, 0.2) is 0 Å². The third-order valence-electron chi connectivity index (χ3n) is 3.03. The van der Waals surface area contributed by atoms with Crippen LogP contribution < -0.4 is 5.32 Å². The minimum Gasteiger partial charge on any atom is -0.478 e. The SMILES string of the molecule is Cc1nc(NC2CC2(C)C)ncc1C(=O)O. The van der Waals surface area contributed by atoms with Gasteiger partial charge in [0.2, 0.25) is 5.95 Å². The highest BCUT2D eigenvalue weighted by molar-refractivity contribution is 5.88. The number of aryl methyl sites for hydroxylation is 1. The van der Waals surface area contributed by atoms with Crippen LogP contribution >= 0.6 is 0 Å². The first-order chi connectivity index (χ1) is 7.40. The van der Waals surface area contributed by atoms with Crippen LogP contribution in [0.1, 0.15) is 36.3 Å². The number of aromatic nitrogens is 2. The first kappa shape index (κ1) is 10.9. The fourth-order valence-electron chi connectivity index (χ4n) is 1.62. The van der Waals surface area contributed by atoms with Crippen LogP contribution in [0.15, 0.2) is 6.20 Å². The lowest BCUT2D eigenvalue weighted by Crippen LogP contribution is -2.13. The number of aromatic carboxylic acids is 1. The van der Waals surface area contributed by atoms with Crippen molar-refractivity contribution in [3.05, 3.63) is 17.5 Å². The summed E-state index contributed by atoms with van der Waals surface area (Å²) < 4.78 is 0. The Morgan fingerprint density at radius 2 is 2.25 bits per heavy atom. The Morgan fingerprint density at radius 3 is 2.69 bits per heavy atom. The van der Waals surface area contributed by atoms with Crippen LogP contribution in [0.25, 0.3) is 0 Å². The number of carboxylic acid groups (broad SMARTS) is 1. The van der Waals surface area contributed by atoms with Crippen LogP contribution in [0.5, 0.6) is 0 Å². The van der Waals surface area contributed by atoms with Gasteiger partial charge in [-0.2, -0.15) is 0 Å². The summed E-state index contributed by atoms with van der Waals surface area (Å²) in [5.74, 6) is -0.478. The Morgan fingerprint density at radius 1 is 1.62 bits per heavy atom. The van der Waals surface area contributed by atoms with Crippen molar-refractivity contribution < 1.29 is 9.90 Å². The number of nitrogens with one attached hydrogen (secondary N) is 1. The zero-order valence-corrected chi connectivity index (χ0v) is 9.61. The molecule has 0 aromatic carbocycles. The normalized spacial score (nSPS) is 21.6. The monoisotopic (exact) mass is 221 g/mol. The molecule has 5 heteroatoms. The average molecular weight is 221 g/mol. The summed E-state index contributed by atoms with van der Waals surface area (Å²) >= 11 is 0. The molecule has 1 fully saturated rings. The van der Waals surface area contributed by atoms with Gasteiger partial charge in [-0.1, -0.05) is 13.8 Å². The molecule has 86 valence electrons. The smallest absolute Gasteiger partial charge is 0.339 e. The van der Waals surface area contributed by atoms with Crippen molar-refractivity contribution in [2.75, 3.05) is 5.32 Å². The quantitative estimate of drug-likeness (QED) is 0.812. The third-order valence-corrected chi connectivity index (χ3v) is 3.03. The van der Waals surface area contributed by atoms with Crippen LogP contribution in [0.3, 0.4) is 0 Å². The lowest BCUT2D eigenvalue weighted by Gasteiger charge is -2.07. The van der Waals surface area contributed by atoms with E-state index in [4.69, 9.17) is 5.11 Å². The van der Waals surface area contributed by atoms with Gasteiger partial charge in [0.05, 0.1) is 11.3 Å². The molecule has 1 saturated carbocycles. The van der Waals surface area contributed by atoms with Crippen molar-refractivity contribution in [3.8, 4) is 0 Å². The van der Waals surface area contributed by atoms with Gasteiger partial charge in [0, 0.05) is 12.2 Å². The van der Waals surface area contributed by atoms with E-state index in [0.29, 0.717) is 23.1 Å². The molecule has 0 spiro atoms. The molecule has 1 aliphatic carbocycles. The van der Waals surface area contributed by atoms with E-state index in [1.165, 1.54) is 6.20 Å². The number of hydrogen-bond donors (Lipinski definition) is 2. The second kappa shape index (κ2) is 3.43. The maximum absolute atomic E-state index is 10.8. The van der Waals surface area contributed by atoms with Crippen molar-refractivity contribution in [2.24, 2.45) is 5.41 Å². The van der Waals surface area contributed by atoms with Gasteiger partial charge in [-0.15, -0.1) is 0 Å². The van der Waals surface area contributed by atoms with Gasteiger partial charge < -0.3 is 10.4 Å². The van der Waals surface area contributed by atoms with E-state index in [1.54, 1.807) is 6.92 Å². The molecular formula is C11H15N3O2. The highest BCUT2D eigenvalue weighted by Crippen LogP contribution is 2.46. The van der Waals surface area contributed by atoms with E-state index in [9.17, 15) is 4.79 Å². The maximum atomic E-state index is 10.8. The summed E-state index contributed by atoms with van der Waals surface area (Å²) in [7, 11) is 0. The molecule has 0 amide bonds. The summed E-state index contributed by atoms with van der Waals surface area (Å²) in [4.78, 5) is 18.9. The van der Waals surface area contributed by atoms with Gasteiger partial charge in [-0.25, -0.2) is 14.8 Å². The van der Waals surface area contributed by atoms with Gasteiger partial charge in [0.1, 0.15) is 0 Å². The summed E-state index contributed by atoms with van der Waals surface area (Å²) in [6, 6.07) is 0.391. The molecule has 2 rings (SSSR count). The molecule has 0 bridgehead atoms. The van der Waals surface area contributed by atoms with Gasteiger partial charge in [-0.05, 0) is 18.8 Å². The largest absolute Gasteiger partial charge is 0.478 e. The number of carboxylic acids is 1. The standard InChI is InChI=1S/C11H15N3O2/c1-6-7(9(15)16)5-12-10(13-6)14-8-4-11(8,2)3/h5,8H,4H2,1-3H3,(H,15,16)(H,12,13,14). The Kier molecular flexibility index (Phi) is 2.33. The highest BCUT2D eigenvalue weighted by Gasteiger charge is 2.46. The summed E-state index contributed by atoms with van der Waals surface area (Å²) in [5.41, 5.74) is 0.937. The van der Waals surface area contributed by atoms with E-state index >= 15 is 0 Å². The van der Waals surface area contributed by atoms with E-state index < -0.39 is 5.97 Å². The topological polar surface area (TPSA) is 75.1 Å². The highest BCUT2D eigenvalue weighted by atomic mass is 16.4. The zero-order valence-electron chi connectivity index (χ0n) is 9.61. The number of carbonyl (C=O) groups is 1. The van der Waals surface area contributed by atoms with Crippen molar-refractivity contribution in [1.82, 2.24) is 9.97 Å². The van der Waals surface area contributed by atoms with E-state index in [-0.39, 0.29) is 5.56 Å². The molecule has 5 nitrogen and oxygen atoms in total. The lowest BCUT2D eigenvalue weighted by molar-refractivity contribution is 0.0695. The molecule has 1 aliphatic rings. The van der Waals surface area contributed by atoms with Crippen LogP contribution in [0, 0.1) is 12.3 Å². The van der Waals surface area contributed by atoms with Crippen LogP contribution in [0.2, 0.25) is 0 Å². The molecule has 0 saturated heterocycles. The summed E-state index contributed by atoms with van der Waals surface area (Å²) in [6.07, 6.45) is 2.44. The molecule has 1 atom stereocenters.